The molecule has 0 radical (unpaired) electrons. The van der Waals surface area contributed by atoms with Crippen molar-refractivity contribution in [3.8, 4) is 11.5 Å². The lowest BCUT2D eigenvalue weighted by atomic mass is 10.2. The third-order valence-corrected chi connectivity index (χ3v) is 5.59. The van der Waals surface area contributed by atoms with Crippen LogP contribution in [0.1, 0.15) is 11.1 Å². The molecule has 178 valence electrons. The van der Waals surface area contributed by atoms with Gasteiger partial charge in [0.2, 0.25) is 5.95 Å². The second-order valence-electron chi connectivity index (χ2n) is 7.27. The van der Waals surface area contributed by atoms with E-state index >= 15 is 0 Å². The molecule has 34 heavy (non-hydrogen) atoms. The third-order valence-electron chi connectivity index (χ3n) is 5.00. The van der Waals surface area contributed by atoms with Gasteiger partial charge in [0.1, 0.15) is 6.61 Å². The van der Waals surface area contributed by atoms with Crippen molar-refractivity contribution in [3.05, 3.63) is 69.6 Å². The minimum absolute atomic E-state index is 0.186. The number of nitrogens with zero attached hydrogens (tertiary/aromatic N) is 4. The van der Waals surface area contributed by atoms with Gasteiger partial charge < -0.3 is 19.1 Å². The van der Waals surface area contributed by atoms with Gasteiger partial charge in [0.25, 0.3) is 0 Å². The van der Waals surface area contributed by atoms with E-state index in [1.165, 1.54) is 0 Å². The molecule has 0 saturated carbocycles. The summed E-state index contributed by atoms with van der Waals surface area (Å²) in [5.41, 5.74) is 4.29. The van der Waals surface area contributed by atoms with Gasteiger partial charge in [0.15, 0.2) is 23.1 Å². The lowest BCUT2D eigenvalue weighted by molar-refractivity contribution is 0.122. The maximum absolute atomic E-state index is 14.2. The summed E-state index contributed by atoms with van der Waals surface area (Å²) in [6.45, 7) is 2.44. The smallest absolute Gasteiger partial charge is 0.245 e. The number of ether oxygens (including phenoxy) is 3. The first-order valence-corrected chi connectivity index (χ1v) is 11.2. The number of hydrazone groups is 1. The van der Waals surface area contributed by atoms with Gasteiger partial charge in [-0.05, 0) is 35.9 Å². The van der Waals surface area contributed by atoms with Crippen molar-refractivity contribution in [2.75, 3.05) is 43.7 Å². The number of hydrogen-bond donors (Lipinski definition) is 1. The Labute approximate surface area is 206 Å². The molecular weight excluding hydrogens is 484 g/mol. The maximum atomic E-state index is 14.2. The molecule has 0 spiro atoms. The molecule has 1 saturated heterocycles. The Morgan fingerprint density at radius 3 is 2.76 bits per heavy atom. The standard InChI is InChI=1S/C23H22Cl2FN5O3/c1-32-21-10-15(2-5-20(21)34-14-16-3-4-17(24)11-18(16)25)12-28-30-23-27-13-19(26)22(29-23)31-6-8-33-9-7-31/h2-5,10-13H,6-9,14H2,1H3,(H,27,29,30). The highest BCUT2D eigenvalue weighted by atomic mass is 35.5. The molecule has 1 aliphatic rings. The van der Waals surface area contributed by atoms with Crippen LogP contribution in [-0.2, 0) is 11.3 Å². The lowest BCUT2D eigenvalue weighted by Crippen LogP contribution is -2.37. The summed E-state index contributed by atoms with van der Waals surface area (Å²) < 4.78 is 30.8. The molecular formula is C23H22Cl2FN5O3. The molecule has 11 heteroatoms. The number of anilines is 2. The van der Waals surface area contributed by atoms with Gasteiger partial charge >= 0.3 is 0 Å². The van der Waals surface area contributed by atoms with Crippen LogP contribution in [0.5, 0.6) is 11.5 Å². The third kappa shape index (κ3) is 6.05. The summed E-state index contributed by atoms with van der Waals surface area (Å²) in [6.07, 6.45) is 2.70. The zero-order valence-electron chi connectivity index (χ0n) is 18.3. The molecule has 8 nitrogen and oxygen atoms in total. The van der Waals surface area contributed by atoms with Crippen LogP contribution in [-0.4, -0.2) is 49.6 Å². The van der Waals surface area contributed by atoms with Crippen LogP contribution in [0.15, 0.2) is 47.7 Å². The van der Waals surface area contributed by atoms with Gasteiger partial charge in [-0.25, -0.2) is 14.8 Å². The van der Waals surface area contributed by atoms with Crippen LogP contribution in [0, 0.1) is 5.82 Å². The van der Waals surface area contributed by atoms with Crippen molar-refractivity contribution >= 4 is 41.2 Å². The van der Waals surface area contributed by atoms with E-state index < -0.39 is 5.82 Å². The SMILES string of the molecule is COc1cc(C=NNc2ncc(F)c(N3CCOCC3)n2)ccc1OCc1ccc(Cl)cc1Cl. The summed E-state index contributed by atoms with van der Waals surface area (Å²) in [5.74, 6) is 1.000. The Morgan fingerprint density at radius 2 is 2.00 bits per heavy atom. The Morgan fingerprint density at radius 1 is 1.18 bits per heavy atom. The van der Waals surface area contributed by atoms with Gasteiger partial charge in [-0.2, -0.15) is 10.1 Å². The zero-order valence-corrected chi connectivity index (χ0v) is 19.8. The number of aromatic nitrogens is 2. The van der Waals surface area contributed by atoms with E-state index in [0.29, 0.717) is 47.8 Å². The fourth-order valence-electron chi connectivity index (χ4n) is 3.25. The number of hydrogen-bond acceptors (Lipinski definition) is 8. The summed E-state index contributed by atoms with van der Waals surface area (Å²) >= 11 is 12.1. The van der Waals surface area contributed by atoms with E-state index in [1.807, 2.05) is 17.0 Å². The van der Waals surface area contributed by atoms with E-state index in [-0.39, 0.29) is 18.4 Å². The second kappa shape index (κ2) is 11.3. The largest absolute Gasteiger partial charge is 0.493 e. The van der Waals surface area contributed by atoms with Crippen LogP contribution in [0.4, 0.5) is 16.2 Å². The predicted molar refractivity (Wildman–Crippen MR) is 130 cm³/mol. The molecule has 0 atom stereocenters. The first-order chi connectivity index (χ1) is 16.5. The average Bonchev–Trinajstić information content (AvgIpc) is 2.85. The molecule has 0 bridgehead atoms. The fourth-order valence-corrected chi connectivity index (χ4v) is 3.71. The van der Waals surface area contributed by atoms with Crippen molar-refractivity contribution in [2.24, 2.45) is 5.10 Å². The fraction of sp³-hybridized carbons (Fsp3) is 0.261. The van der Waals surface area contributed by atoms with Crippen molar-refractivity contribution in [3.63, 3.8) is 0 Å². The van der Waals surface area contributed by atoms with Gasteiger partial charge in [0.05, 0.1) is 32.7 Å². The molecule has 0 unspecified atom stereocenters. The minimum Gasteiger partial charge on any atom is -0.493 e. The van der Waals surface area contributed by atoms with E-state index in [1.54, 1.807) is 37.6 Å². The molecule has 1 fully saturated rings. The quantitative estimate of drug-likeness (QED) is 0.348. The van der Waals surface area contributed by atoms with Crippen molar-refractivity contribution < 1.29 is 18.6 Å². The van der Waals surface area contributed by atoms with Crippen molar-refractivity contribution in [1.29, 1.82) is 0 Å². The summed E-state index contributed by atoms with van der Waals surface area (Å²) in [7, 11) is 1.55. The Bertz CT molecular complexity index is 1180. The Balaban J connectivity index is 1.40. The summed E-state index contributed by atoms with van der Waals surface area (Å²) in [5, 5.41) is 5.25. The molecule has 0 amide bonds. The normalized spacial score (nSPS) is 13.8. The highest BCUT2D eigenvalue weighted by Crippen LogP contribution is 2.30. The van der Waals surface area contributed by atoms with E-state index in [2.05, 4.69) is 20.5 Å². The van der Waals surface area contributed by atoms with Gasteiger partial charge in [-0.3, -0.25) is 0 Å². The number of halogens is 3. The number of benzene rings is 2. The van der Waals surface area contributed by atoms with Crippen LogP contribution < -0.4 is 19.8 Å². The van der Waals surface area contributed by atoms with Gasteiger partial charge in [-0.15, -0.1) is 0 Å². The maximum Gasteiger partial charge on any atom is 0.245 e. The summed E-state index contributed by atoms with van der Waals surface area (Å²) in [6, 6.07) is 10.6. The van der Waals surface area contributed by atoms with Gasteiger partial charge in [0, 0.05) is 28.7 Å². The molecule has 0 aliphatic carbocycles. The molecule has 2 aromatic carbocycles. The minimum atomic E-state index is -0.489. The highest BCUT2D eigenvalue weighted by molar-refractivity contribution is 6.35. The van der Waals surface area contributed by atoms with E-state index in [0.717, 1.165) is 17.3 Å². The first kappa shape index (κ1) is 24.0. The molecule has 3 aromatic rings. The molecule has 1 N–H and O–H groups in total. The van der Waals surface area contributed by atoms with Gasteiger partial charge in [-0.1, -0.05) is 29.3 Å². The molecule has 1 aliphatic heterocycles. The monoisotopic (exact) mass is 505 g/mol. The lowest BCUT2D eigenvalue weighted by Gasteiger charge is -2.27. The predicted octanol–water partition coefficient (Wildman–Crippen LogP) is 4.79. The van der Waals surface area contributed by atoms with Crippen LogP contribution in [0.3, 0.4) is 0 Å². The topological polar surface area (TPSA) is 81.1 Å². The number of morpholine rings is 1. The first-order valence-electron chi connectivity index (χ1n) is 10.4. The summed E-state index contributed by atoms with van der Waals surface area (Å²) in [4.78, 5) is 10.00. The number of rotatable bonds is 8. The second-order valence-corrected chi connectivity index (χ2v) is 8.11. The highest BCUT2D eigenvalue weighted by Gasteiger charge is 2.17. The van der Waals surface area contributed by atoms with Crippen molar-refractivity contribution in [1.82, 2.24) is 9.97 Å². The Kier molecular flexibility index (Phi) is 7.99. The van der Waals surface area contributed by atoms with Crippen LogP contribution in [0.25, 0.3) is 0 Å². The van der Waals surface area contributed by atoms with Crippen LogP contribution >= 0.6 is 23.2 Å². The van der Waals surface area contributed by atoms with Crippen LogP contribution in [0.2, 0.25) is 10.0 Å². The zero-order chi connectivity index (χ0) is 23.9. The molecule has 1 aromatic heterocycles. The average molecular weight is 506 g/mol. The van der Waals surface area contributed by atoms with E-state index in [9.17, 15) is 4.39 Å². The van der Waals surface area contributed by atoms with E-state index in [4.69, 9.17) is 37.4 Å². The van der Waals surface area contributed by atoms with Crippen molar-refractivity contribution in [2.45, 2.75) is 6.61 Å². The number of methoxy groups -OCH3 is 1. The Hall–Kier alpha value is -3.14. The molecule has 4 rings (SSSR count). The molecule has 2 heterocycles. The number of nitrogens with one attached hydrogen (secondary N) is 1.